The maximum absolute atomic E-state index is 8.99. The predicted octanol–water partition coefficient (Wildman–Crippen LogP) is 2.27. The lowest BCUT2D eigenvalue weighted by molar-refractivity contribution is 0.231. The van der Waals surface area contributed by atoms with Crippen LogP contribution in [-0.2, 0) is 0 Å². The van der Waals surface area contributed by atoms with Gasteiger partial charge in [0.1, 0.15) is 5.82 Å². The van der Waals surface area contributed by atoms with Crippen LogP contribution in [-0.4, -0.2) is 42.1 Å². The molecule has 1 aromatic carbocycles. The Kier molecular flexibility index (Phi) is 3.53. The summed E-state index contributed by atoms with van der Waals surface area (Å²) in [5, 5.41) is 11.4. The number of aromatic nitrogens is 1. The Morgan fingerprint density at radius 2 is 1.90 bits per heavy atom. The van der Waals surface area contributed by atoms with Crippen LogP contribution in [0.3, 0.4) is 0 Å². The normalized spacial score (nSPS) is 17.9. The first-order valence-electron chi connectivity index (χ1n) is 7.02. The molecule has 102 valence electrons. The average molecular weight is 266 g/mol. The Bertz CT molecular complexity index is 633. The molecule has 2 aromatic rings. The summed E-state index contributed by atoms with van der Waals surface area (Å²) >= 11 is 0. The van der Waals surface area contributed by atoms with Gasteiger partial charge in [0.2, 0.25) is 0 Å². The van der Waals surface area contributed by atoms with E-state index in [1.54, 1.807) is 0 Å². The van der Waals surface area contributed by atoms with E-state index in [-0.39, 0.29) is 6.04 Å². The Hall–Kier alpha value is -2.12. The third-order valence-corrected chi connectivity index (χ3v) is 4.00. The summed E-state index contributed by atoms with van der Waals surface area (Å²) in [6.45, 7) is 5.64. The van der Waals surface area contributed by atoms with Crippen LogP contribution >= 0.6 is 0 Å². The van der Waals surface area contributed by atoms with Crippen molar-refractivity contribution >= 4 is 16.6 Å². The molecule has 0 radical (unpaired) electrons. The second-order valence-electron chi connectivity index (χ2n) is 5.18. The van der Waals surface area contributed by atoms with Gasteiger partial charge in [-0.25, -0.2) is 4.98 Å². The molecule has 4 heteroatoms. The summed E-state index contributed by atoms with van der Waals surface area (Å²) in [4.78, 5) is 9.11. The van der Waals surface area contributed by atoms with E-state index in [0.29, 0.717) is 0 Å². The Morgan fingerprint density at radius 3 is 2.65 bits per heavy atom. The van der Waals surface area contributed by atoms with Crippen LogP contribution in [0.1, 0.15) is 6.92 Å². The zero-order chi connectivity index (χ0) is 13.9. The van der Waals surface area contributed by atoms with Crippen LogP contribution in [0.5, 0.6) is 0 Å². The van der Waals surface area contributed by atoms with Gasteiger partial charge in [0.25, 0.3) is 0 Å². The van der Waals surface area contributed by atoms with Gasteiger partial charge >= 0.3 is 0 Å². The monoisotopic (exact) mass is 266 g/mol. The van der Waals surface area contributed by atoms with E-state index in [2.05, 4.69) is 45.1 Å². The standard InChI is InChI=1S/C16H18N4/c1-13(12-17)19-8-10-20(11-9-19)16-15-5-3-2-4-14(15)6-7-18-16/h2-7,13H,8-11H2,1H3. The Morgan fingerprint density at radius 1 is 1.15 bits per heavy atom. The van der Waals surface area contributed by atoms with Gasteiger partial charge in [-0.15, -0.1) is 0 Å². The summed E-state index contributed by atoms with van der Waals surface area (Å²) in [6.07, 6.45) is 1.88. The molecule has 0 bridgehead atoms. The van der Waals surface area contributed by atoms with Crippen molar-refractivity contribution in [3.8, 4) is 6.07 Å². The summed E-state index contributed by atoms with van der Waals surface area (Å²) in [7, 11) is 0. The fraction of sp³-hybridized carbons (Fsp3) is 0.375. The van der Waals surface area contributed by atoms with Crippen molar-refractivity contribution in [1.29, 1.82) is 5.26 Å². The van der Waals surface area contributed by atoms with Crippen molar-refractivity contribution in [3.05, 3.63) is 36.5 Å². The number of nitrogens with zero attached hydrogens (tertiary/aromatic N) is 4. The van der Waals surface area contributed by atoms with Gasteiger partial charge in [-0.2, -0.15) is 5.26 Å². The number of fused-ring (bicyclic) bond motifs is 1. The van der Waals surface area contributed by atoms with E-state index < -0.39 is 0 Å². The van der Waals surface area contributed by atoms with E-state index in [1.807, 2.05) is 19.2 Å². The zero-order valence-electron chi connectivity index (χ0n) is 11.7. The second kappa shape index (κ2) is 5.48. The van der Waals surface area contributed by atoms with Crippen molar-refractivity contribution in [2.45, 2.75) is 13.0 Å². The number of benzene rings is 1. The molecule has 0 spiro atoms. The van der Waals surface area contributed by atoms with Crippen molar-refractivity contribution in [3.63, 3.8) is 0 Å². The first-order chi connectivity index (χ1) is 9.79. The molecule has 1 atom stereocenters. The molecule has 2 heterocycles. The first-order valence-corrected chi connectivity index (χ1v) is 7.02. The molecule has 1 aliphatic heterocycles. The molecule has 1 aliphatic rings. The molecular formula is C16H18N4. The third kappa shape index (κ3) is 2.33. The van der Waals surface area contributed by atoms with Crippen LogP contribution in [0.25, 0.3) is 10.8 Å². The SMILES string of the molecule is CC(C#N)N1CCN(c2nccc3ccccc23)CC1. The van der Waals surface area contributed by atoms with Crippen molar-refractivity contribution in [2.24, 2.45) is 0 Å². The smallest absolute Gasteiger partial charge is 0.136 e. The maximum Gasteiger partial charge on any atom is 0.136 e. The minimum absolute atomic E-state index is 0.00220. The summed E-state index contributed by atoms with van der Waals surface area (Å²) in [5.74, 6) is 1.06. The van der Waals surface area contributed by atoms with Gasteiger partial charge in [0.05, 0.1) is 12.1 Å². The number of hydrogen-bond acceptors (Lipinski definition) is 4. The molecular weight excluding hydrogens is 248 g/mol. The fourth-order valence-corrected chi connectivity index (χ4v) is 2.76. The molecule has 3 rings (SSSR count). The van der Waals surface area contributed by atoms with Crippen LogP contribution in [0.4, 0.5) is 5.82 Å². The van der Waals surface area contributed by atoms with Gasteiger partial charge in [-0.3, -0.25) is 4.90 Å². The maximum atomic E-state index is 8.99. The highest BCUT2D eigenvalue weighted by Gasteiger charge is 2.22. The molecule has 0 saturated carbocycles. The van der Waals surface area contributed by atoms with E-state index in [1.165, 1.54) is 10.8 Å². The lowest BCUT2D eigenvalue weighted by Crippen LogP contribution is -2.49. The highest BCUT2D eigenvalue weighted by molar-refractivity contribution is 5.92. The van der Waals surface area contributed by atoms with Gasteiger partial charge < -0.3 is 4.90 Å². The molecule has 0 aliphatic carbocycles. The highest BCUT2D eigenvalue weighted by atomic mass is 15.3. The summed E-state index contributed by atoms with van der Waals surface area (Å²) < 4.78 is 0. The number of nitriles is 1. The fourth-order valence-electron chi connectivity index (χ4n) is 2.76. The van der Waals surface area contributed by atoms with Crippen LogP contribution < -0.4 is 4.90 Å². The van der Waals surface area contributed by atoms with E-state index in [4.69, 9.17) is 5.26 Å². The van der Waals surface area contributed by atoms with Gasteiger partial charge in [0.15, 0.2) is 0 Å². The minimum Gasteiger partial charge on any atom is -0.354 e. The van der Waals surface area contributed by atoms with Crippen molar-refractivity contribution < 1.29 is 0 Å². The molecule has 0 N–H and O–H groups in total. The van der Waals surface area contributed by atoms with Crippen LogP contribution in [0.15, 0.2) is 36.5 Å². The van der Waals surface area contributed by atoms with Crippen LogP contribution in [0.2, 0.25) is 0 Å². The van der Waals surface area contributed by atoms with Gasteiger partial charge in [0, 0.05) is 37.8 Å². The molecule has 1 fully saturated rings. The lowest BCUT2D eigenvalue weighted by Gasteiger charge is -2.36. The highest BCUT2D eigenvalue weighted by Crippen LogP contribution is 2.25. The molecule has 0 amide bonds. The van der Waals surface area contributed by atoms with E-state index >= 15 is 0 Å². The number of rotatable bonds is 2. The largest absolute Gasteiger partial charge is 0.354 e. The van der Waals surface area contributed by atoms with Crippen molar-refractivity contribution in [2.75, 3.05) is 31.1 Å². The van der Waals surface area contributed by atoms with E-state index in [9.17, 15) is 0 Å². The number of hydrogen-bond donors (Lipinski definition) is 0. The summed E-state index contributed by atoms with van der Waals surface area (Å²) in [6, 6.07) is 12.7. The number of pyridine rings is 1. The summed E-state index contributed by atoms with van der Waals surface area (Å²) in [5.41, 5.74) is 0. The Labute approximate surface area is 119 Å². The third-order valence-electron chi connectivity index (χ3n) is 4.00. The van der Waals surface area contributed by atoms with Crippen LogP contribution in [0, 0.1) is 11.3 Å². The average Bonchev–Trinajstić information content (AvgIpc) is 2.54. The minimum atomic E-state index is -0.00220. The Balaban J connectivity index is 1.82. The molecule has 20 heavy (non-hydrogen) atoms. The zero-order valence-corrected chi connectivity index (χ0v) is 11.7. The van der Waals surface area contributed by atoms with Gasteiger partial charge in [-0.1, -0.05) is 24.3 Å². The first kappa shape index (κ1) is 12.9. The predicted molar refractivity (Wildman–Crippen MR) is 80.6 cm³/mol. The number of anilines is 1. The quantitative estimate of drug-likeness (QED) is 0.836. The van der Waals surface area contributed by atoms with E-state index in [0.717, 1.165) is 32.0 Å². The topological polar surface area (TPSA) is 43.2 Å². The molecule has 1 aromatic heterocycles. The van der Waals surface area contributed by atoms with Gasteiger partial charge in [-0.05, 0) is 18.4 Å². The number of piperazine rings is 1. The lowest BCUT2D eigenvalue weighted by atomic mass is 10.1. The second-order valence-corrected chi connectivity index (χ2v) is 5.18. The molecule has 1 unspecified atom stereocenters. The van der Waals surface area contributed by atoms with Crippen molar-refractivity contribution in [1.82, 2.24) is 9.88 Å². The molecule has 4 nitrogen and oxygen atoms in total. The molecule has 1 saturated heterocycles.